The van der Waals surface area contributed by atoms with E-state index in [2.05, 4.69) is 31.0 Å². The summed E-state index contributed by atoms with van der Waals surface area (Å²) in [5.74, 6) is 2.08. The van der Waals surface area contributed by atoms with Crippen LogP contribution in [0.3, 0.4) is 0 Å². The molecule has 6 nitrogen and oxygen atoms in total. The summed E-state index contributed by atoms with van der Waals surface area (Å²) in [4.78, 5) is 15.7. The molecule has 7 heteroatoms. The first kappa shape index (κ1) is 16.0. The predicted octanol–water partition coefficient (Wildman–Crippen LogP) is 3.56. The molecule has 1 saturated heterocycles. The second-order valence-corrected chi connectivity index (χ2v) is 6.68. The van der Waals surface area contributed by atoms with Gasteiger partial charge in [-0.2, -0.15) is 0 Å². The number of aryl methyl sites for hydroxylation is 2. The number of nitrogens with zero attached hydrogens (tertiary/aromatic N) is 6. The van der Waals surface area contributed by atoms with E-state index in [1.807, 2.05) is 42.6 Å². The zero-order chi connectivity index (χ0) is 17.4. The number of aromatic nitrogens is 5. The van der Waals surface area contributed by atoms with Crippen molar-refractivity contribution in [2.24, 2.45) is 0 Å². The van der Waals surface area contributed by atoms with Crippen LogP contribution in [-0.2, 0) is 0 Å². The van der Waals surface area contributed by atoms with Gasteiger partial charge in [0, 0.05) is 24.8 Å². The van der Waals surface area contributed by atoms with Crippen molar-refractivity contribution in [1.29, 1.82) is 0 Å². The molecule has 0 aromatic carbocycles. The third kappa shape index (κ3) is 3.22. The van der Waals surface area contributed by atoms with Crippen molar-refractivity contribution >= 4 is 35.2 Å². The van der Waals surface area contributed by atoms with Crippen LogP contribution in [0.1, 0.15) is 35.7 Å². The van der Waals surface area contributed by atoms with E-state index >= 15 is 0 Å². The molecule has 4 heterocycles. The van der Waals surface area contributed by atoms with Gasteiger partial charge in [-0.25, -0.2) is 19.5 Å². The Morgan fingerprint density at radius 2 is 1.76 bits per heavy atom. The number of anilines is 1. The van der Waals surface area contributed by atoms with Crippen molar-refractivity contribution in [2.45, 2.75) is 26.7 Å². The summed E-state index contributed by atoms with van der Waals surface area (Å²) in [6, 6.07) is 5.91. The SMILES string of the molecule is Cc1ccc(C)n2nc(/C=C/c3nc(Cl)cc(N4CCCC4)n3)nc12. The summed E-state index contributed by atoms with van der Waals surface area (Å²) in [6.07, 6.45) is 6.02. The van der Waals surface area contributed by atoms with Crippen molar-refractivity contribution in [2.75, 3.05) is 18.0 Å². The van der Waals surface area contributed by atoms with Gasteiger partial charge in [-0.1, -0.05) is 17.7 Å². The largest absolute Gasteiger partial charge is 0.356 e. The third-order valence-corrected chi connectivity index (χ3v) is 4.59. The summed E-state index contributed by atoms with van der Waals surface area (Å²) in [5, 5.41) is 4.98. The van der Waals surface area contributed by atoms with E-state index in [0.29, 0.717) is 16.8 Å². The summed E-state index contributed by atoms with van der Waals surface area (Å²) in [6.45, 7) is 6.07. The minimum absolute atomic E-state index is 0.450. The first-order valence-electron chi connectivity index (χ1n) is 8.41. The van der Waals surface area contributed by atoms with Gasteiger partial charge in [0.25, 0.3) is 0 Å². The van der Waals surface area contributed by atoms with Crippen LogP contribution in [0, 0.1) is 13.8 Å². The Morgan fingerprint density at radius 3 is 2.52 bits per heavy atom. The highest BCUT2D eigenvalue weighted by Crippen LogP contribution is 2.21. The Hall–Kier alpha value is -2.47. The van der Waals surface area contributed by atoms with E-state index in [0.717, 1.165) is 35.8 Å². The van der Waals surface area contributed by atoms with Gasteiger partial charge in [-0.3, -0.25) is 0 Å². The van der Waals surface area contributed by atoms with Crippen LogP contribution >= 0.6 is 11.6 Å². The van der Waals surface area contributed by atoms with Crippen LogP contribution < -0.4 is 4.90 Å². The van der Waals surface area contributed by atoms with E-state index in [-0.39, 0.29) is 0 Å². The number of pyridine rings is 1. The molecule has 0 bridgehead atoms. The van der Waals surface area contributed by atoms with Gasteiger partial charge in [0.1, 0.15) is 11.0 Å². The van der Waals surface area contributed by atoms with Crippen LogP contribution in [0.4, 0.5) is 5.82 Å². The van der Waals surface area contributed by atoms with E-state index in [9.17, 15) is 0 Å². The van der Waals surface area contributed by atoms with Crippen molar-refractivity contribution < 1.29 is 0 Å². The summed E-state index contributed by atoms with van der Waals surface area (Å²) >= 11 is 6.17. The molecule has 3 aromatic heterocycles. The highest BCUT2D eigenvalue weighted by molar-refractivity contribution is 6.29. The van der Waals surface area contributed by atoms with Crippen molar-refractivity contribution in [3.63, 3.8) is 0 Å². The number of rotatable bonds is 3. The molecule has 0 N–H and O–H groups in total. The zero-order valence-corrected chi connectivity index (χ0v) is 15.0. The molecule has 0 aliphatic carbocycles. The highest BCUT2D eigenvalue weighted by Gasteiger charge is 2.15. The van der Waals surface area contributed by atoms with Gasteiger partial charge in [0.05, 0.1) is 0 Å². The van der Waals surface area contributed by atoms with Crippen LogP contribution in [0.25, 0.3) is 17.8 Å². The third-order valence-electron chi connectivity index (χ3n) is 4.40. The maximum Gasteiger partial charge on any atom is 0.175 e. The van der Waals surface area contributed by atoms with Crippen molar-refractivity contribution in [1.82, 2.24) is 24.6 Å². The van der Waals surface area contributed by atoms with Crippen LogP contribution in [0.5, 0.6) is 0 Å². The molecule has 0 spiro atoms. The second kappa shape index (κ2) is 6.44. The lowest BCUT2D eigenvalue weighted by molar-refractivity contribution is 0.904. The summed E-state index contributed by atoms with van der Waals surface area (Å²) < 4.78 is 1.85. The molecule has 3 aromatic rings. The number of fused-ring (bicyclic) bond motifs is 1. The first-order chi connectivity index (χ1) is 12.1. The van der Waals surface area contributed by atoms with Gasteiger partial charge in [0.15, 0.2) is 17.3 Å². The average molecular weight is 355 g/mol. The van der Waals surface area contributed by atoms with E-state index < -0.39 is 0 Å². The maximum absolute atomic E-state index is 6.17. The van der Waals surface area contributed by atoms with Gasteiger partial charge < -0.3 is 4.90 Å². The van der Waals surface area contributed by atoms with Crippen molar-refractivity contribution in [3.05, 3.63) is 46.3 Å². The number of halogens is 1. The Kier molecular flexibility index (Phi) is 4.13. The molecule has 1 aliphatic heterocycles. The predicted molar refractivity (Wildman–Crippen MR) is 99.9 cm³/mol. The number of hydrogen-bond donors (Lipinski definition) is 0. The fourth-order valence-corrected chi connectivity index (χ4v) is 3.23. The summed E-state index contributed by atoms with van der Waals surface area (Å²) in [5.41, 5.74) is 3.00. The van der Waals surface area contributed by atoms with Crippen LogP contribution in [-0.4, -0.2) is 37.7 Å². The van der Waals surface area contributed by atoms with E-state index in [4.69, 9.17) is 11.6 Å². The standard InChI is InChI=1S/C18H19ClN6/c1-12-5-6-13(2)25-18(12)22-16(23-25)8-7-15-20-14(19)11-17(21-15)24-9-3-4-10-24/h5-8,11H,3-4,9-10H2,1-2H3/b8-7+. The smallest absolute Gasteiger partial charge is 0.175 e. The monoisotopic (exact) mass is 354 g/mol. The lowest BCUT2D eigenvalue weighted by atomic mass is 10.3. The Morgan fingerprint density at radius 1 is 1.00 bits per heavy atom. The van der Waals surface area contributed by atoms with E-state index in [1.165, 1.54) is 12.8 Å². The first-order valence-corrected chi connectivity index (χ1v) is 8.78. The molecule has 0 amide bonds. The van der Waals surface area contributed by atoms with Crippen LogP contribution in [0.15, 0.2) is 18.2 Å². The van der Waals surface area contributed by atoms with E-state index in [1.54, 1.807) is 0 Å². The summed E-state index contributed by atoms with van der Waals surface area (Å²) in [7, 11) is 0. The lowest BCUT2D eigenvalue weighted by Crippen LogP contribution is -2.19. The molecule has 0 atom stereocenters. The van der Waals surface area contributed by atoms with Crippen LogP contribution in [0.2, 0.25) is 5.15 Å². The molecule has 0 radical (unpaired) electrons. The Balaban J connectivity index is 1.65. The molecular weight excluding hydrogens is 336 g/mol. The Labute approximate surface area is 151 Å². The van der Waals surface area contributed by atoms with Crippen molar-refractivity contribution in [3.8, 4) is 0 Å². The molecular formula is C18H19ClN6. The fraction of sp³-hybridized carbons (Fsp3) is 0.333. The topological polar surface area (TPSA) is 59.2 Å². The normalized spacial score (nSPS) is 14.9. The van der Waals surface area contributed by atoms with Gasteiger partial charge in [-0.15, -0.1) is 5.10 Å². The van der Waals surface area contributed by atoms with Gasteiger partial charge in [-0.05, 0) is 50.5 Å². The molecule has 1 fully saturated rings. The molecule has 0 saturated carbocycles. The second-order valence-electron chi connectivity index (χ2n) is 6.30. The minimum atomic E-state index is 0.450. The maximum atomic E-state index is 6.17. The quantitative estimate of drug-likeness (QED) is 0.673. The Bertz CT molecular complexity index is 917. The molecule has 0 unspecified atom stereocenters. The average Bonchev–Trinajstić information content (AvgIpc) is 3.26. The number of hydrogen-bond acceptors (Lipinski definition) is 5. The van der Waals surface area contributed by atoms with Gasteiger partial charge >= 0.3 is 0 Å². The highest BCUT2D eigenvalue weighted by atomic mass is 35.5. The molecule has 1 aliphatic rings. The molecule has 4 rings (SSSR count). The minimum Gasteiger partial charge on any atom is -0.356 e. The van der Waals surface area contributed by atoms with Gasteiger partial charge in [0.2, 0.25) is 0 Å². The molecule has 128 valence electrons. The lowest BCUT2D eigenvalue weighted by Gasteiger charge is -2.16. The zero-order valence-electron chi connectivity index (χ0n) is 14.3. The molecule has 25 heavy (non-hydrogen) atoms. The fourth-order valence-electron chi connectivity index (χ4n) is 3.05.